The Balaban J connectivity index is 1.21. The summed E-state index contributed by atoms with van der Waals surface area (Å²) in [6, 6.07) is 24.7. The number of carbonyl (C=O) groups excluding carboxylic acids is 1. The average Bonchev–Trinajstić information content (AvgIpc) is 2.89. The Morgan fingerprint density at radius 1 is 0.941 bits per heavy atom. The number of aromatic nitrogens is 1. The molecule has 2 aromatic carbocycles. The van der Waals surface area contributed by atoms with Gasteiger partial charge in [-0.2, -0.15) is 0 Å². The van der Waals surface area contributed by atoms with Crippen LogP contribution < -0.4 is 5.32 Å². The molecule has 0 saturated carbocycles. The number of hydrogen-bond donors (Lipinski definition) is 1. The van der Waals surface area contributed by atoms with E-state index in [1.54, 1.807) is 6.20 Å². The van der Waals surface area contributed by atoms with Crippen molar-refractivity contribution in [3.63, 3.8) is 0 Å². The van der Waals surface area contributed by atoms with E-state index in [1.165, 1.54) is 11.1 Å². The number of halogens is 1. The summed E-state index contributed by atoms with van der Waals surface area (Å²) in [5.74, 6) is -0.121. The van der Waals surface area contributed by atoms with Crippen molar-refractivity contribution in [1.29, 1.82) is 0 Å². The SMILES string of the molecule is O=C(COCCN1CCN([C@H](c2ccccc2)c2ccc(Cl)cc2)CC1)NCc1ccccn1. The summed E-state index contributed by atoms with van der Waals surface area (Å²) in [4.78, 5) is 21.1. The van der Waals surface area contributed by atoms with Gasteiger partial charge >= 0.3 is 0 Å². The van der Waals surface area contributed by atoms with E-state index in [9.17, 15) is 4.79 Å². The summed E-state index contributed by atoms with van der Waals surface area (Å²) in [5.41, 5.74) is 3.38. The van der Waals surface area contributed by atoms with Gasteiger partial charge in [0.1, 0.15) is 6.61 Å². The summed E-state index contributed by atoms with van der Waals surface area (Å²) < 4.78 is 5.61. The van der Waals surface area contributed by atoms with Crippen molar-refractivity contribution in [2.75, 3.05) is 45.9 Å². The smallest absolute Gasteiger partial charge is 0.246 e. The van der Waals surface area contributed by atoms with Gasteiger partial charge in [0.05, 0.1) is 24.9 Å². The second kappa shape index (κ2) is 12.6. The molecule has 1 saturated heterocycles. The first-order chi connectivity index (χ1) is 16.7. The van der Waals surface area contributed by atoms with Crippen LogP contribution in [0.3, 0.4) is 0 Å². The van der Waals surface area contributed by atoms with Gasteiger partial charge < -0.3 is 10.1 Å². The fourth-order valence-corrected chi connectivity index (χ4v) is 4.37. The Labute approximate surface area is 206 Å². The molecule has 0 radical (unpaired) electrons. The number of nitrogens with one attached hydrogen (secondary N) is 1. The molecule has 7 heteroatoms. The van der Waals surface area contributed by atoms with Crippen molar-refractivity contribution in [3.8, 4) is 0 Å². The van der Waals surface area contributed by atoms with E-state index < -0.39 is 0 Å². The Morgan fingerprint density at radius 3 is 2.35 bits per heavy atom. The molecule has 0 bridgehead atoms. The highest BCUT2D eigenvalue weighted by atomic mass is 35.5. The zero-order valence-corrected chi connectivity index (χ0v) is 20.0. The number of amides is 1. The molecular weight excluding hydrogens is 448 g/mol. The molecule has 1 amide bonds. The molecule has 2 heterocycles. The van der Waals surface area contributed by atoms with Crippen molar-refractivity contribution in [1.82, 2.24) is 20.1 Å². The molecular formula is C27H31ClN4O2. The molecule has 0 spiro atoms. The fourth-order valence-electron chi connectivity index (χ4n) is 4.24. The van der Waals surface area contributed by atoms with Gasteiger partial charge in [0, 0.05) is 43.9 Å². The maximum Gasteiger partial charge on any atom is 0.246 e. The first-order valence-corrected chi connectivity index (χ1v) is 12.1. The molecule has 6 nitrogen and oxygen atoms in total. The molecule has 4 rings (SSSR count). The normalized spacial score (nSPS) is 15.7. The van der Waals surface area contributed by atoms with Crippen LogP contribution in [-0.2, 0) is 16.1 Å². The molecule has 1 aliphatic rings. The van der Waals surface area contributed by atoms with Crippen LogP contribution >= 0.6 is 11.6 Å². The monoisotopic (exact) mass is 478 g/mol. The number of piperazine rings is 1. The predicted molar refractivity (Wildman–Crippen MR) is 135 cm³/mol. The highest BCUT2D eigenvalue weighted by Gasteiger charge is 2.26. The molecule has 1 atom stereocenters. The molecule has 1 aromatic heterocycles. The van der Waals surface area contributed by atoms with E-state index >= 15 is 0 Å². The number of ether oxygens (including phenoxy) is 1. The summed E-state index contributed by atoms with van der Waals surface area (Å²) in [5, 5.41) is 3.59. The third kappa shape index (κ3) is 7.11. The Morgan fingerprint density at radius 2 is 1.65 bits per heavy atom. The number of carbonyl (C=O) groups is 1. The van der Waals surface area contributed by atoms with Crippen molar-refractivity contribution in [2.45, 2.75) is 12.6 Å². The van der Waals surface area contributed by atoms with Gasteiger partial charge in [-0.15, -0.1) is 0 Å². The maximum absolute atomic E-state index is 12.0. The van der Waals surface area contributed by atoms with Crippen molar-refractivity contribution in [3.05, 3.63) is 101 Å². The number of hydrogen-bond acceptors (Lipinski definition) is 5. The van der Waals surface area contributed by atoms with Crippen LogP contribution in [0.15, 0.2) is 79.0 Å². The van der Waals surface area contributed by atoms with Gasteiger partial charge in [-0.25, -0.2) is 0 Å². The largest absolute Gasteiger partial charge is 0.370 e. The van der Waals surface area contributed by atoms with E-state index in [1.807, 2.05) is 30.3 Å². The van der Waals surface area contributed by atoms with Crippen LogP contribution in [0.25, 0.3) is 0 Å². The number of nitrogens with zero attached hydrogens (tertiary/aromatic N) is 3. The van der Waals surface area contributed by atoms with Crippen LogP contribution in [0.2, 0.25) is 5.02 Å². The lowest BCUT2D eigenvalue weighted by atomic mass is 9.96. The van der Waals surface area contributed by atoms with E-state index in [-0.39, 0.29) is 18.6 Å². The van der Waals surface area contributed by atoms with Crippen LogP contribution in [0, 0.1) is 0 Å². The second-order valence-electron chi connectivity index (χ2n) is 8.39. The summed E-state index contributed by atoms with van der Waals surface area (Å²) in [7, 11) is 0. The standard InChI is InChI=1S/C27H31ClN4O2/c28-24-11-9-23(10-12-24)27(22-6-2-1-3-7-22)32-16-14-31(15-17-32)18-19-34-21-26(33)30-20-25-8-4-5-13-29-25/h1-13,27H,14-21H2,(H,30,33)/t27-/m1/s1. The summed E-state index contributed by atoms with van der Waals surface area (Å²) >= 11 is 6.13. The highest BCUT2D eigenvalue weighted by molar-refractivity contribution is 6.30. The molecule has 1 aliphatic heterocycles. The Bertz CT molecular complexity index is 1010. The van der Waals surface area contributed by atoms with Crippen LogP contribution in [0.4, 0.5) is 0 Å². The maximum atomic E-state index is 12.0. The molecule has 1 fully saturated rings. The first kappa shape index (κ1) is 24.4. The number of rotatable bonds is 10. The van der Waals surface area contributed by atoms with Gasteiger partial charge in [0.25, 0.3) is 0 Å². The van der Waals surface area contributed by atoms with Crippen LogP contribution in [0.1, 0.15) is 22.9 Å². The third-order valence-corrected chi connectivity index (χ3v) is 6.30. The van der Waals surface area contributed by atoms with Gasteiger partial charge in [0.2, 0.25) is 5.91 Å². The molecule has 3 aromatic rings. The first-order valence-electron chi connectivity index (χ1n) is 11.7. The third-order valence-electron chi connectivity index (χ3n) is 6.05. The summed E-state index contributed by atoms with van der Waals surface area (Å²) in [6.07, 6.45) is 1.72. The minimum absolute atomic E-state index is 0.0689. The lowest BCUT2D eigenvalue weighted by Gasteiger charge is -2.39. The van der Waals surface area contributed by atoms with E-state index in [4.69, 9.17) is 16.3 Å². The predicted octanol–water partition coefficient (Wildman–Crippen LogP) is 3.78. The zero-order chi connectivity index (χ0) is 23.6. The van der Waals surface area contributed by atoms with E-state index in [0.29, 0.717) is 13.2 Å². The Kier molecular flexibility index (Phi) is 9.04. The molecule has 34 heavy (non-hydrogen) atoms. The van der Waals surface area contributed by atoms with Gasteiger partial charge in [-0.05, 0) is 35.4 Å². The zero-order valence-electron chi connectivity index (χ0n) is 19.3. The fraction of sp³-hybridized carbons (Fsp3) is 0.333. The molecule has 0 unspecified atom stereocenters. The van der Waals surface area contributed by atoms with Gasteiger partial charge in [0.15, 0.2) is 0 Å². The quantitative estimate of drug-likeness (QED) is 0.449. The van der Waals surface area contributed by atoms with Crippen LogP contribution in [-0.4, -0.2) is 66.6 Å². The number of benzene rings is 2. The van der Waals surface area contributed by atoms with Gasteiger partial charge in [-0.1, -0.05) is 60.1 Å². The summed E-state index contributed by atoms with van der Waals surface area (Å²) in [6.45, 7) is 5.70. The minimum atomic E-state index is -0.121. The minimum Gasteiger partial charge on any atom is -0.370 e. The highest BCUT2D eigenvalue weighted by Crippen LogP contribution is 2.30. The molecule has 1 N–H and O–H groups in total. The lowest BCUT2D eigenvalue weighted by Crippen LogP contribution is -2.48. The van der Waals surface area contributed by atoms with Gasteiger partial charge in [-0.3, -0.25) is 19.6 Å². The van der Waals surface area contributed by atoms with Crippen LogP contribution in [0.5, 0.6) is 0 Å². The molecule has 0 aliphatic carbocycles. The van der Waals surface area contributed by atoms with Crippen molar-refractivity contribution < 1.29 is 9.53 Å². The van der Waals surface area contributed by atoms with E-state index in [0.717, 1.165) is 43.4 Å². The number of pyridine rings is 1. The van der Waals surface area contributed by atoms with Crippen molar-refractivity contribution >= 4 is 17.5 Å². The second-order valence-corrected chi connectivity index (χ2v) is 8.83. The Hall–Kier alpha value is -2.77. The average molecular weight is 479 g/mol. The molecule has 178 valence electrons. The van der Waals surface area contributed by atoms with Crippen molar-refractivity contribution in [2.24, 2.45) is 0 Å². The topological polar surface area (TPSA) is 57.7 Å². The van der Waals surface area contributed by atoms with E-state index in [2.05, 4.69) is 62.6 Å². The lowest BCUT2D eigenvalue weighted by molar-refractivity contribution is -0.126.